The monoisotopic (exact) mass is 355 g/mol. The van der Waals surface area contributed by atoms with Gasteiger partial charge in [0.2, 0.25) is 10.0 Å². The molecule has 1 aromatic carbocycles. The second-order valence-corrected chi connectivity index (χ2v) is 6.97. The number of anilines is 1. The molecule has 1 atom stereocenters. The fourth-order valence-corrected chi connectivity index (χ4v) is 2.87. The van der Waals surface area contributed by atoms with Gasteiger partial charge in [0, 0.05) is 9.50 Å². The molecule has 0 aliphatic heterocycles. The van der Waals surface area contributed by atoms with E-state index in [2.05, 4.69) is 20.7 Å². The van der Waals surface area contributed by atoms with E-state index in [0.29, 0.717) is 9.50 Å². The first-order chi connectivity index (χ1) is 8.15. The summed E-state index contributed by atoms with van der Waals surface area (Å²) in [5.74, 6) is -1.42. The third-order valence-electron chi connectivity index (χ3n) is 2.31. The van der Waals surface area contributed by atoms with Gasteiger partial charge in [0.25, 0.3) is 0 Å². The van der Waals surface area contributed by atoms with Gasteiger partial charge >= 0.3 is 5.97 Å². The lowest BCUT2D eigenvalue weighted by Crippen LogP contribution is -2.32. The van der Waals surface area contributed by atoms with Crippen molar-refractivity contribution in [2.45, 2.75) is 19.1 Å². The maximum absolute atomic E-state index is 11.7. The van der Waals surface area contributed by atoms with Crippen molar-refractivity contribution in [2.75, 3.05) is 4.72 Å². The van der Waals surface area contributed by atoms with Crippen LogP contribution < -0.4 is 4.72 Å². The van der Waals surface area contributed by atoms with Gasteiger partial charge in [-0.2, -0.15) is 0 Å². The lowest BCUT2D eigenvalue weighted by molar-refractivity contribution is -0.136. The van der Waals surface area contributed by atoms with Gasteiger partial charge in [-0.05, 0) is 47.5 Å². The molecular weight excluding hydrogens is 346 g/mol. The van der Waals surface area contributed by atoms with E-state index in [9.17, 15) is 13.2 Å². The lowest BCUT2D eigenvalue weighted by atomic mass is 10.2. The van der Waals surface area contributed by atoms with Crippen LogP contribution in [0.15, 0.2) is 16.6 Å². The van der Waals surface area contributed by atoms with Crippen LogP contribution >= 0.6 is 27.5 Å². The van der Waals surface area contributed by atoms with E-state index in [1.807, 2.05) is 0 Å². The van der Waals surface area contributed by atoms with Crippen molar-refractivity contribution >= 4 is 49.2 Å². The molecule has 0 amide bonds. The fourth-order valence-electron chi connectivity index (χ4n) is 1.10. The molecule has 8 heteroatoms. The van der Waals surface area contributed by atoms with Crippen molar-refractivity contribution in [3.8, 4) is 0 Å². The molecule has 0 aliphatic carbocycles. The molecule has 5 nitrogen and oxygen atoms in total. The van der Waals surface area contributed by atoms with Gasteiger partial charge in [0.15, 0.2) is 5.25 Å². The molecule has 0 saturated heterocycles. The molecular formula is C10H11BrClNO4S. The van der Waals surface area contributed by atoms with Gasteiger partial charge in [-0.15, -0.1) is 0 Å². The van der Waals surface area contributed by atoms with Crippen LogP contribution in [0.25, 0.3) is 0 Å². The van der Waals surface area contributed by atoms with Gasteiger partial charge in [0.1, 0.15) is 0 Å². The Morgan fingerprint density at radius 2 is 2.06 bits per heavy atom. The van der Waals surface area contributed by atoms with Crippen molar-refractivity contribution in [1.82, 2.24) is 0 Å². The molecule has 0 fully saturated rings. The summed E-state index contributed by atoms with van der Waals surface area (Å²) in [5.41, 5.74) is 0.983. The summed E-state index contributed by atoms with van der Waals surface area (Å²) in [6.07, 6.45) is 0. The average Bonchev–Trinajstić information content (AvgIpc) is 2.24. The summed E-state index contributed by atoms with van der Waals surface area (Å²) in [7, 11) is -4.00. The molecule has 0 saturated carbocycles. The first-order valence-electron chi connectivity index (χ1n) is 4.85. The number of nitrogens with one attached hydrogen (secondary N) is 1. The van der Waals surface area contributed by atoms with Crippen LogP contribution in [-0.2, 0) is 14.8 Å². The predicted molar refractivity (Wildman–Crippen MR) is 73.5 cm³/mol. The lowest BCUT2D eigenvalue weighted by Gasteiger charge is -2.13. The minimum Gasteiger partial charge on any atom is -0.480 e. The molecule has 1 aromatic rings. The molecule has 0 heterocycles. The van der Waals surface area contributed by atoms with E-state index >= 15 is 0 Å². The maximum atomic E-state index is 11.7. The highest BCUT2D eigenvalue weighted by Gasteiger charge is 2.28. The van der Waals surface area contributed by atoms with E-state index in [1.54, 1.807) is 13.0 Å². The maximum Gasteiger partial charge on any atom is 0.323 e. The number of carboxylic acids is 1. The number of carboxylic acid groups (broad SMARTS) is 1. The number of benzene rings is 1. The van der Waals surface area contributed by atoms with Crippen LogP contribution in [0.1, 0.15) is 12.5 Å². The number of aliphatic carboxylic acids is 1. The first kappa shape index (κ1) is 15.3. The van der Waals surface area contributed by atoms with Gasteiger partial charge in [-0.1, -0.05) is 11.6 Å². The number of carbonyl (C=O) groups is 1. The second kappa shape index (κ2) is 5.46. The number of hydrogen-bond acceptors (Lipinski definition) is 3. The summed E-state index contributed by atoms with van der Waals surface area (Å²) >= 11 is 9.07. The zero-order chi connectivity index (χ0) is 14.1. The van der Waals surface area contributed by atoms with Crippen LogP contribution in [0.2, 0.25) is 5.02 Å². The standard InChI is InChI=1S/C10H11BrClNO4S/c1-5-3-7(11)9(4-8(5)12)13-18(16,17)6(2)10(14)15/h3-4,6,13H,1-2H3,(H,14,15). The van der Waals surface area contributed by atoms with Gasteiger partial charge < -0.3 is 5.11 Å². The van der Waals surface area contributed by atoms with Crippen molar-refractivity contribution < 1.29 is 18.3 Å². The van der Waals surface area contributed by atoms with E-state index in [1.165, 1.54) is 6.07 Å². The summed E-state index contributed by atoms with van der Waals surface area (Å²) in [5, 5.41) is 7.54. The summed E-state index contributed by atoms with van der Waals surface area (Å²) in [6.45, 7) is 2.86. The number of sulfonamides is 1. The summed E-state index contributed by atoms with van der Waals surface area (Å²) in [6, 6.07) is 3.07. The predicted octanol–water partition coefficient (Wildman–Crippen LogP) is 2.63. The SMILES string of the molecule is Cc1cc(Br)c(NS(=O)(=O)C(C)C(=O)O)cc1Cl. The van der Waals surface area contributed by atoms with Crippen molar-refractivity contribution in [2.24, 2.45) is 0 Å². The zero-order valence-corrected chi connectivity index (χ0v) is 12.7. The van der Waals surface area contributed by atoms with Crippen molar-refractivity contribution in [3.05, 3.63) is 27.2 Å². The Balaban J connectivity index is 3.13. The van der Waals surface area contributed by atoms with Crippen LogP contribution in [-0.4, -0.2) is 24.7 Å². The quantitative estimate of drug-likeness (QED) is 0.868. The Labute approximate surface area is 118 Å². The molecule has 0 radical (unpaired) electrons. The molecule has 1 rings (SSSR count). The summed E-state index contributed by atoms with van der Waals surface area (Å²) in [4.78, 5) is 10.7. The number of hydrogen-bond donors (Lipinski definition) is 2. The van der Waals surface area contributed by atoms with E-state index in [-0.39, 0.29) is 5.69 Å². The van der Waals surface area contributed by atoms with Gasteiger partial charge in [0.05, 0.1) is 5.69 Å². The number of aryl methyl sites for hydroxylation is 1. The third-order valence-corrected chi connectivity index (χ3v) is 5.01. The largest absolute Gasteiger partial charge is 0.480 e. The van der Waals surface area contributed by atoms with E-state index < -0.39 is 21.2 Å². The molecule has 100 valence electrons. The fraction of sp³-hybridized carbons (Fsp3) is 0.300. The minimum absolute atomic E-state index is 0.207. The smallest absolute Gasteiger partial charge is 0.323 e. The molecule has 0 bridgehead atoms. The van der Waals surface area contributed by atoms with Crippen LogP contribution in [0.3, 0.4) is 0 Å². The average molecular weight is 357 g/mol. The van der Waals surface area contributed by atoms with Crippen molar-refractivity contribution in [3.63, 3.8) is 0 Å². The highest BCUT2D eigenvalue weighted by atomic mass is 79.9. The highest BCUT2D eigenvalue weighted by Crippen LogP contribution is 2.30. The van der Waals surface area contributed by atoms with Crippen LogP contribution in [0, 0.1) is 6.92 Å². The summed E-state index contributed by atoms with van der Waals surface area (Å²) < 4.78 is 26.2. The zero-order valence-electron chi connectivity index (χ0n) is 9.57. The number of halogens is 2. The highest BCUT2D eigenvalue weighted by molar-refractivity contribution is 9.10. The van der Waals surface area contributed by atoms with Crippen LogP contribution in [0.5, 0.6) is 0 Å². The van der Waals surface area contributed by atoms with Gasteiger partial charge in [-0.3, -0.25) is 9.52 Å². The molecule has 1 unspecified atom stereocenters. The van der Waals surface area contributed by atoms with E-state index in [4.69, 9.17) is 16.7 Å². The Bertz CT molecular complexity index is 588. The number of rotatable bonds is 4. The normalized spacial score (nSPS) is 13.1. The molecule has 2 N–H and O–H groups in total. The first-order valence-corrected chi connectivity index (χ1v) is 7.57. The Hall–Kier alpha value is -0.790. The topological polar surface area (TPSA) is 83.5 Å². The van der Waals surface area contributed by atoms with Gasteiger partial charge in [-0.25, -0.2) is 8.42 Å². The molecule has 0 aliphatic rings. The molecule has 0 aromatic heterocycles. The Morgan fingerprint density at radius 1 is 1.50 bits per heavy atom. The van der Waals surface area contributed by atoms with Crippen molar-refractivity contribution in [1.29, 1.82) is 0 Å². The Morgan fingerprint density at radius 3 is 2.56 bits per heavy atom. The minimum atomic E-state index is -4.00. The van der Waals surface area contributed by atoms with Crippen LogP contribution in [0.4, 0.5) is 5.69 Å². The second-order valence-electron chi connectivity index (χ2n) is 3.71. The van der Waals surface area contributed by atoms with E-state index in [0.717, 1.165) is 12.5 Å². The molecule has 18 heavy (non-hydrogen) atoms. The molecule has 0 spiro atoms. The third kappa shape index (κ3) is 3.37. The Kier molecular flexibility index (Phi) is 4.63.